The maximum Gasteiger partial charge on any atom is 0.241 e. The van der Waals surface area contributed by atoms with E-state index in [0.717, 1.165) is 22.9 Å². The van der Waals surface area contributed by atoms with Crippen molar-refractivity contribution in [1.82, 2.24) is 4.72 Å². The summed E-state index contributed by atoms with van der Waals surface area (Å²) in [6.45, 7) is 7.99. The lowest BCUT2D eigenvalue weighted by Crippen LogP contribution is -2.33. The lowest BCUT2D eigenvalue weighted by molar-refractivity contribution is 0.485. The van der Waals surface area contributed by atoms with Crippen LogP contribution in [0.4, 0.5) is 0 Å². The minimum absolute atomic E-state index is 0.0502. The highest BCUT2D eigenvalue weighted by atomic mass is 79.9. The molecule has 1 rings (SSSR count). The zero-order chi connectivity index (χ0) is 14.6. The molecule has 1 unspecified atom stereocenters. The molecule has 0 saturated heterocycles. The van der Waals surface area contributed by atoms with E-state index in [1.165, 1.54) is 0 Å². The van der Waals surface area contributed by atoms with E-state index in [0.29, 0.717) is 10.8 Å². The Bertz CT molecular complexity index is 526. The van der Waals surface area contributed by atoms with Gasteiger partial charge in [-0.25, -0.2) is 13.1 Å². The standard InChI is InChI=1S/C14H22BrNO2S/c1-10(2)5-7-12(4)16-19(17,18)14-9-13(15)8-6-11(14)3/h6,8-10,12,16H,5,7H2,1-4H3. The Balaban J connectivity index is 2.83. The van der Waals surface area contributed by atoms with Crippen LogP contribution in [-0.4, -0.2) is 14.5 Å². The number of benzene rings is 1. The molecule has 0 fully saturated rings. The van der Waals surface area contributed by atoms with Crippen LogP contribution in [0.3, 0.4) is 0 Å². The topological polar surface area (TPSA) is 46.2 Å². The Kier molecular flexibility index (Phi) is 6.02. The van der Waals surface area contributed by atoms with Gasteiger partial charge in [-0.05, 0) is 50.3 Å². The summed E-state index contributed by atoms with van der Waals surface area (Å²) < 4.78 is 28.2. The second-order valence-electron chi connectivity index (χ2n) is 5.40. The van der Waals surface area contributed by atoms with E-state index >= 15 is 0 Å². The van der Waals surface area contributed by atoms with Crippen molar-refractivity contribution in [3.8, 4) is 0 Å². The minimum atomic E-state index is -3.44. The van der Waals surface area contributed by atoms with Crippen LogP contribution in [-0.2, 0) is 10.0 Å². The lowest BCUT2D eigenvalue weighted by atomic mass is 10.1. The van der Waals surface area contributed by atoms with Crippen LogP contribution in [0.2, 0.25) is 0 Å². The highest BCUT2D eigenvalue weighted by Crippen LogP contribution is 2.21. The number of sulfonamides is 1. The van der Waals surface area contributed by atoms with Crippen molar-refractivity contribution in [3.05, 3.63) is 28.2 Å². The van der Waals surface area contributed by atoms with Crippen LogP contribution in [0.5, 0.6) is 0 Å². The summed E-state index contributed by atoms with van der Waals surface area (Å²) in [5, 5.41) is 0. The molecule has 0 aliphatic heterocycles. The Hall–Kier alpha value is -0.390. The van der Waals surface area contributed by atoms with Crippen LogP contribution < -0.4 is 4.72 Å². The first-order chi connectivity index (χ1) is 8.72. The lowest BCUT2D eigenvalue weighted by Gasteiger charge is -2.16. The van der Waals surface area contributed by atoms with Gasteiger partial charge in [0.25, 0.3) is 0 Å². The number of hydrogen-bond donors (Lipinski definition) is 1. The van der Waals surface area contributed by atoms with E-state index in [9.17, 15) is 8.42 Å². The molecule has 0 heterocycles. The van der Waals surface area contributed by atoms with Gasteiger partial charge in [-0.3, -0.25) is 0 Å². The van der Waals surface area contributed by atoms with Crippen LogP contribution >= 0.6 is 15.9 Å². The fourth-order valence-corrected chi connectivity index (χ4v) is 3.90. The Labute approximate surface area is 125 Å². The van der Waals surface area contributed by atoms with Crippen molar-refractivity contribution in [3.63, 3.8) is 0 Å². The molecule has 1 aromatic carbocycles. The summed E-state index contributed by atoms with van der Waals surface area (Å²) in [4.78, 5) is 0.346. The van der Waals surface area contributed by atoms with Crippen molar-refractivity contribution in [2.24, 2.45) is 5.92 Å². The average Bonchev–Trinajstić information content (AvgIpc) is 2.29. The quantitative estimate of drug-likeness (QED) is 0.849. The van der Waals surface area contributed by atoms with Gasteiger partial charge in [-0.1, -0.05) is 35.8 Å². The van der Waals surface area contributed by atoms with Crippen LogP contribution in [0, 0.1) is 12.8 Å². The highest BCUT2D eigenvalue weighted by molar-refractivity contribution is 9.10. The molecule has 108 valence electrons. The summed E-state index contributed by atoms with van der Waals surface area (Å²) in [6, 6.07) is 5.24. The molecule has 3 nitrogen and oxygen atoms in total. The van der Waals surface area contributed by atoms with Gasteiger partial charge in [0, 0.05) is 10.5 Å². The predicted molar refractivity (Wildman–Crippen MR) is 82.7 cm³/mol. The first-order valence-electron chi connectivity index (χ1n) is 6.51. The first-order valence-corrected chi connectivity index (χ1v) is 8.78. The van der Waals surface area contributed by atoms with Crippen LogP contribution in [0.15, 0.2) is 27.6 Å². The molecular weight excluding hydrogens is 326 g/mol. The summed E-state index contributed by atoms with van der Waals surface area (Å²) in [5.74, 6) is 0.583. The molecule has 5 heteroatoms. The summed E-state index contributed by atoms with van der Waals surface area (Å²) in [7, 11) is -3.44. The predicted octanol–water partition coefficient (Wildman–Crippen LogP) is 3.86. The van der Waals surface area contributed by atoms with Crippen molar-refractivity contribution < 1.29 is 8.42 Å². The van der Waals surface area contributed by atoms with Crippen molar-refractivity contribution in [1.29, 1.82) is 0 Å². The third-order valence-electron chi connectivity index (χ3n) is 2.97. The first kappa shape index (κ1) is 16.7. The zero-order valence-electron chi connectivity index (χ0n) is 11.9. The van der Waals surface area contributed by atoms with E-state index < -0.39 is 10.0 Å². The maximum atomic E-state index is 12.3. The summed E-state index contributed by atoms with van der Waals surface area (Å²) in [6.07, 6.45) is 1.87. The van der Waals surface area contributed by atoms with Gasteiger partial charge in [-0.15, -0.1) is 0 Å². The van der Waals surface area contributed by atoms with E-state index in [1.54, 1.807) is 19.1 Å². The van der Waals surface area contributed by atoms with Gasteiger partial charge in [0.05, 0.1) is 4.90 Å². The molecular formula is C14H22BrNO2S. The van der Waals surface area contributed by atoms with Crippen LogP contribution in [0.1, 0.15) is 39.2 Å². The fraction of sp³-hybridized carbons (Fsp3) is 0.571. The number of hydrogen-bond acceptors (Lipinski definition) is 2. The van der Waals surface area contributed by atoms with Gasteiger partial charge < -0.3 is 0 Å². The molecule has 1 N–H and O–H groups in total. The van der Waals surface area contributed by atoms with E-state index in [1.807, 2.05) is 13.0 Å². The molecule has 1 aromatic rings. The van der Waals surface area contributed by atoms with Crippen molar-refractivity contribution in [2.45, 2.75) is 51.5 Å². The van der Waals surface area contributed by atoms with E-state index in [4.69, 9.17) is 0 Å². The number of aryl methyl sites for hydroxylation is 1. The second-order valence-corrected chi connectivity index (χ2v) is 8.00. The molecule has 0 spiro atoms. The molecule has 0 aliphatic rings. The molecule has 0 amide bonds. The molecule has 19 heavy (non-hydrogen) atoms. The molecule has 1 atom stereocenters. The van der Waals surface area contributed by atoms with E-state index in [2.05, 4.69) is 34.5 Å². The molecule has 0 aromatic heterocycles. The third kappa shape index (κ3) is 5.24. The van der Waals surface area contributed by atoms with Gasteiger partial charge in [0.15, 0.2) is 0 Å². The summed E-state index contributed by atoms with van der Waals surface area (Å²) in [5.41, 5.74) is 0.756. The smallest absolute Gasteiger partial charge is 0.208 e. The number of nitrogens with one attached hydrogen (secondary N) is 1. The number of halogens is 1. The average molecular weight is 348 g/mol. The van der Waals surface area contributed by atoms with Crippen molar-refractivity contribution in [2.75, 3.05) is 0 Å². The van der Waals surface area contributed by atoms with Gasteiger partial charge in [0.2, 0.25) is 10.0 Å². The van der Waals surface area contributed by atoms with Gasteiger partial charge in [0.1, 0.15) is 0 Å². The Morgan fingerprint density at radius 1 is 1.21 bits per heavy atom. The molecule has 0 saturated carbocycles. The number of rotatable bonds is 6. The van der Waals surface area contributed by atoms with E-state index in [-0.39, 0.29) is 6.04 Å². The Morgan fingerprint density at radius 2 is 1.84 bits per heavy atom. The molecule has 0 radical (unpaired) electrons. The third-order valence-corrected chi connectivity index (χ3v) is 5.20. The Morgan fingerprint density at radius 3 is 2.42 bits per heavy atom. The normalized spacial score (nSPS) is 13.8. The monoisotopic (exact) mass is 347 g/mol. The van der Waals surface area contributed by atoms with Crippen molar-refractivity contribution >= 4 is 26.0 Å². The van der Waals surface area contributed by atoms with Crippen LogP contribution in [0.25, 0.3) is 0 Å². The second kappa shape index (κ2) is 6.86. The summed E-state index contributed by atoms with van der Waals surface area (Å²) >= 11 is 3.31. The minimum Gasteiger partial charge on any atom is -0.208 e. The molecule has 0 aliphatic carbocycles. The van der Waals surface area contributed by atoms with Gasteiger partial charge >= 0.3 is 0 Å². The molecule has 0 bridgehead atoms. The highest BCUT2D eigenvalue weighted by Gasteiger charge is 2.19. The fourth-order valence-electron chi connectivity index (χ4n) is 1.83. The maximum absolute atomic E-state index is 12.3. The SMILES string of the molecule is Cc1ccc(Br)cc1S(=O)(=O)NC(C)CCC(C)C. The zero-order valence-corrected chi connectivity index (χ0v) is 14.3. The van der Waals surface area contributed by atoms with Gasteiger partial charge in [-0.2, -0.15) is 0 Å². The largest absolute Gasteiger partial charge is 0.241 e.